The van der Waals surface area contributed by atoms with Crippen molar-refractivity contribution in [1.82, 2.24) is 10.0 Å². The second-order valence-electron chi connectivity index (χ2n) is 4.69. The monoisotopic (exact) mass is 254 g/mol. The van der Waals surface area contributed by atoms with Crippen LogP contribution in [0.3, 0.4) is 0 Å². The summed E-state index contributed by atoms with van der Waals surface area (Å²) >= 11 is 0. The molecule has 2 aliphatic rings. The van der Waals surface area contributed by atoms with Crippen molar-refractivity contribution in [2.45, 2.75) is 38.8 Å². The highest BCUT2D eigenvalue weighted by Crippen LogP contribution is 2.44. The molecule has 1 aliphatic heterocycles. The van der Waals surface area contributed by atoms with Gasteiger partial charge in [0.1, 0.15) is 0 Å². The van der Waals surface area contributed by atoms with Crippen LogP contribution < -0.4 is 0 Å². The molecule has 1 saturated carbocycles. The van der Waals surface area contributed by atoms with Gasteiger partial charge in [-0.1, -0.05) is 5.57 Å². The summed E-state index contributed by atoms with van der Waals surface area (Å²) in [6, 6.07) is -0.155. The van der Waals surface area contributed by atoms with Crippen LogP contribution in [0.25, 0.3) is 0 Å². The number of carbonyl (C=O) groups excluding carboxylic acids is 2. The van der Waals surface area contributed by atoms with Gasteiger partial charge in [0.15, 0.2) is 0 Å². The predicted octanol–water partition coefficient (Wildman–Crippen LogP) is 1.92. The summed E-state index contributed by atoms with van der Waals surface area (Å²) < 4.78 is 9.51. The molecule has 0 unspecified atom stereocenters. The number of amides is 2. The van der Waals surface area contributed by atoms with Crippen LogP contribution in [-0.4, -0.2) is 48.5 Å². The summed E-state index contributed by atoms with van der Waals surface area (Å²) in [5.74, 6) is 0. The molecular formula is C12H18N2O4. The lowest BCUT2D eigenvalue weighted by atomic mass is 10.0. The highest BCUT2D eigenvalue weighted by atomic mass is 16.6. The summed E-state index contributed by atoms with van der Waals surface area (Å²) in [6.07, 6.45) is 0.666. The molecule has 2 amide bonds. The van der Waals surface area contributed by atoms with E-state index in [2.05, 4.69) is 0 Å². The van der Waals surface area contributed by atoms with E-state index in [-0.39, 0.29) is 12.1 Å². The molecule has 1 aliphatic carbocycles. The number of carbonyl (C=O) groups is 2. The van der Waals surface area contributed by atoms with E-state index in [1.807, 2.05) is 13.8 Å². The van der Waals surface area contributed by atoms with Gasteiger partial charge in [0.2, 0.25) is 0 Å². The number of hydrogen-bond donors (Lipinski definition) is 0. The number of allylic oxidation sites excluding steroid dienone is 1. The first-order chi connectivity index (χ1) is 8.52. The second kappa shape index (κ2) is 4.51. The van der Waals surface area contributed by atoms with E-state index in [4.69, 9.17) is 9.47 Å². The summed E-state index contributed by atoms with van der Waals surface area (Å²) in [5.41, 5.74) is 2.27. The standard InChI is InChI=1S/C12H18N2O4/c1-7(2)10-8-5-6-9(10)14(12(16)18-4)13(8)11(15)17-3/h8-9H,5-6H2,1-4H3/t8-,9-/m0/s1. The Hall–Kier alpha value is -1.72. The lowest BCUT2D eigenvalue weighted by Gasteiger charge is -2.34. The van der Waals surface area contributed by atoms with Crippen LogP contribution in [0, 0.1) is 0 Å². The lowest BCUT2D eigenvalue weighted by Crippen LogP contribution is -2.53. The van der Waals surface area contributed by atoms with E-state index in [9.17, 15) is 9.59 Å². The molecule has 0 spiro atoms. The Morgan fingerprint density at radius 2 is 1.39 bits per heavy atom. The fraction of sp³-hybridized carbons (Fsp3) is 0.667. The highest BCUT2D eigenvalue weighted by Gasteiger charge is 2.54. The minimum Gasteiger partial charge on any atom is -0.451 e. The highest BCUT2D eigenvalue weighted by molar-refractivity contribution is 5.77. The van der Waals surface area contributed by atoms with Gasteiger partial charge in [0.25, 0.3) is 0 Å². The fourth-order valence-corrected chi connectivity index (χ4v) is 2.94. The molecule has 2 atom stereocenters. The molecule has 0 aromatic rings. The number of methoxy groups -OCH3 is 2. The Kier molecular flexibility index (Phi) is 3.19. The van der Waals surface area contributed by atoms with Crippen LogP contribution in [0.4, 0.5) is 9.59 Å². The quantitative estimate of drug-likeness (QED) is 0.620. The van der Waals surface area contributed by atoms with E-state index >= 15 is 0 Å². The third-order valence-corrected chi connectivity index (χ3v) is 3.55. The zero-order valence-electron chi connectivity index (χ0n) is 11.1. The molecule has 18 heavy (non-hydrogen) atoms. The van der Waals surface area contributed by atoms with Crippen molar-refractivity contribution in [2.24, 2.45) is 0 Å². The molecular weight excluding hydrogens is 236 g/mol. The first kappa shape index (κ1) is 12.7. The second-order valence-corrected chi connectivity index (χ2v) is 4.69. The first-order valence-corrected chi connectivity index (χ1v) is 5.94. The van der Waals surface area contributed by atoms with Crippen LogP contribution in [0.2, 0.25) is 0 Å². The van der Waals surface area contributed by atoms with Crippen LogP contribution in [0.15, 0.2) is 11.1 Å². The van der Waals surface area contributed by atoms with E-state index in [1.165, 1.54) is 24.2 Å². The molecule has 0 aromatic heterocycles. The smallest absolute Gasteiger partial charge is 0.429 e. The summed E-state index contributed by atoms with van der Waals surface area (Å²) in [4.78, 5) is 23.7. The summed E-state index contributed by atoms with van der Waals surface area (Å²) in [5, 5.41) is 2.75. The molecule has 2 rings (SSSR count). The summed E-state index contributed by atoms with van der Waals surface area (Å²) in [7, 11) is 2.62. The number of hydrogen-bond acceptors (Lipinski definition) is 4. The van der Waals surface area contributed by atoms with Gasteiger partial charge in [-0.25, -0.2) is 19.6 Å². The topological polar surface area (TPSA) is 59.1 Å². The van der Waals surface area contributed by atoms with Crippen molar-refractivity contribution < 1.29 is 19.1 Å². The van der Waals surface area contributed by atoms with E-state index in [1.54, 1.807) is 0 Å². The number of nitrogens with zero attached hydrogens (tertiary/aromatic N) is 2. The Morgan fingerprint density at radius 3 is 1.67 bits per heavy atom. The van der Waals surface area contributed by atoms with E-state index < -0.39 is 12.2 Å². The van der Waals surface area contributed by atoms with E-state index in [0.29, 0.717) is 0 Å². The molecule has 1 saturated heterocycles. The zero-order chi connectivity index (χ0) is 13.4. The fourth-order valence-electron chi connectivity index (χ4n) is 2.94. The zero-order valence-corrected chi connectivity index (χ0v) is 11.1. The van der Waals surface area contributed by atoms with E-state index in [0.717, 1.165) is 24.0 Å². The average Bonchev–Trinajstić information content (AvgIpc) is 2.91. The molecule has 6 heteroatoms. The Morgan fingerprint density at radius 1 is 1.00 bits per heavy atom. The maximum absolute atomic E-state index is 11.8. The predicted molar refractivity (Wildman–Crippen MR) is 63.7 cm³/mol. The van der Waals surface area contributed by atoms with Crippen molar-refractivity contribution in [3.63, 3.8) is 0 Å². The lowest BCUT2D eigenvalue weighted by molar-refractivity contribution is -0.0300. The molecule has 0 radical (unpaired) electrons. The van der Waals surface area contributed by atoms with Gasteiger partial charge < -0.3 is 9.47 Å². The minimum absolute atomic E-state index is 0.0773. The number of rotatable bonds is 0. The number of fused-ring (bicyclic) bond motifs is 2. The minimum atomic E-state index is -0.522. The van der Waals surface area contributed by atoms with Crippen LogP contribution in [0.5, 0.6) is 0 Å². The Bertz CT molecular complexity index is 382. The Balaban J connectivity index is 2.42. The van der Waals surface area contributed by atoms with Crippen LogP contribution >= 0.6 is 0 Å². The number of hydrazine groups is 1. The van der Waals surface area contributed by atoms with Gasteiger partial charge in [0.05, 0.1) is 26.3 Å². The molecule has 0 N–H and O–H groups in total. The normalized spacial score (nSPS) is 25.4. The van der Waals surface area contributed by atoms with Gasteiger partial charge >= 0.3 is 12.2 Å². The van der Waals surface area contributed by atoms with Crippen molar-refractivity contribution >= 4 is 12.2 Å². The van der Waals surface area contributed by atoms with Gasteiger partial charge in [-0.05, 0) is 32.3 Å². The number of ether oxygens (including phenoxy) is 2. The average molecular weight is 254 g/mol. The third-order valence-electron chi connectivity index (χ3n) is 3.55. The van der Waals surface area contributed by atoms with Gasteiger partial charge in [-0.2, -0.15) is 0 Å². The maximum atomic E-state index is 11.8. The first-order valence-electron chi connectivity index (χ1n) is 5.94. The van der Waals surface area contributed by atoms with Gasteiger partial charge in [-0.3, -0.25) is 0 Å². The summed E-state index contributed by atoms with van der Waals surface area (Å²) in [6.45, 7) is 3.99. The maximum Gasteiger partial charge on any atom is 0.429 e. The van der Waals surface area contributed by atoms with Gasteiger partial charge in [-0.15, -0.1) is 0 Å². The van der Waals surface area contributed by atoms with Crippen molar-refractivity contribution in [3.05, 3.63) is 11.1 Å². The largest absolute Gasteiger partial charge is 0.451 e. The van der Waals surface area contributed by atoms with Crippen molar-refractivity contribution in [3.8, 4) is 0 Å². The molecule has 2 fully saturated rings. The van der Waals surface area contributed by atoms with Crippen molar-refractivity contribution in [1.29, 1.82) is 0 Å². The molecule has 6 nitrogen and oxygen atoms in total. The van der Waals surface area contributed by atoms with Crippen LogP contribution in [-0.2, 0) is 9.47 Å². The van der Waals surface area contributed by atoms with Gasteiger partial charge in [0, 0.05) is 0 Å². The van der Waals surface area contributed by atoms with Crippen molar-refractivity contribution in [2.75, 3.05) is 14.2 Å². The molecule has 1 heterocycles. The van der Waals surface area contributed by atoms with Crippen LogP contribution in [0.1, 0.15) is 26.7 Å². The SMILES string of the molecule is COC(=O)N1[C@H]2CC[C@@H](C2=C(C)C)N1C(=O)OC. The third kappa shape index (κ3) is 1.63. The molecule has 2 bridgehead atoms. The molecule has 0 aromatic carbocycles. The molecule has 100 valence electrons. The Labute approximate surface area is 106 Å².